The van der Waals surface area contributed by atoms with Crippen molar-refractivity contribution in [3.05, 3.63) is 58.1 Å². The van der Waals surface area contributed by atoms with Gasteiger partial charge in [-0.25, -0.2) is 0 Å². The quantitative estimate of drug-likeness (QED) is 0.825. The van der Waals surface area contributed by atoms with Crippen LogP contribution in [0.25, 0.3) is 0 Å². The Labute approximate surface area is 109 Å². The lowest BCUT2D eigenvalue weighted by Gasteiger charge is -2.00. The molecule has 17 heavy (non-hydrogen) atoms. The van der Waals surface area contributed by atoms with Gasteiger partial charge in [-0.05, 0) is 58.2 Å². The summed E-state index contributed by atoms with van der Waals surface area (Å²) in [6, 6.07) is 13.3. The Balaban J connectivity index is 2.26. The molecule has 0 aromatic heterocycles. The van der Waals surface area contributed by atoms with Crippen LogP contribution in [0, 0.1) is 6.92 Å². The van der Waals surface area contributed by atoms with E-state index in [-0.39, 0.29) is 5.75 Å². The lowest BCUT2D eigenvalue weighted by Crippen LogP contribution is -1.81. The first-order chi connectivity index (χ1) is 8.16. The number of phenolic OH excluding ortho intramolecular Hbond substituents is 1. The molecule has 0 aliphatic heterocycles. The van der Waals surface area contributed by atoms with E-state index < -0.39 is 0 Å². The molecule has 0 aliphatic rings. The minimum atomic E-state index is 0.234. The Bertz CT molecular complexity index is 564. The number of para-hydroxylation sites is 1. The van der Waals surface area contributed by atoms with Crippen LogP contribution < -0.4 is 0 Å². The second kappa shape index (κ2) is 5.15. The van der Waals surface area contributed by atoms with E-state index in [1.165, 1.54) is 0 Å². The van der Waals surface area contributed by atoms with Crippen LogP contribution in [0.5, 0.6) is 5.75 Å². The summed E-state index contributed by atoms with van der Waals surface area (Å²) in [5, 5.41) is 9.38. The predicted octanol–water partition coefficient (Wildman–Crippen LogP) is 4.21. The standard InChI is InChI=1S/C14H12BrNO/c1-10-4-2-3-5-13(10)16-9-11-6-7-14(17)12(15)8-11/h2-9,17H,1H3. The van der Waals surface area contributed by atoms with E-state index in [9.17, 15) is 5.11 Å². The largest absolute Gasteiger partial charge is 0.507 e. The van der Waals surface area contributed by atoms with E-state index in [0.29, 0.717) is 4.47 Å². The van der Waals surface area contributed by atoms with Crippen LogP contribution in [0.4, 0.5) is 5.69 Å². The molecular formula is C14H12BrNO. The highest BCUT2D eigenvalue weighted by atomic mass is 79.9. The van der Waals surface area contributed by atoms with Gasteiger partial charge >= 0.3 is 0 Å². The Kier molecular flexibility index (Phi) is 3.59. The molecule has 0 amide bonds. The summed E-state index contributed by atoms with van der Waals surface area (Å²) < 4.78 is 0.672. The average molecular weight is 290 g/mol. The van der Waals surface area contributed by atoms with Crippen molar-refractivity contribution < 1.29 is 5.11 Å². The van der Waals surface area contributed by atoms with Gasteiger partial charge in [0.25, 0.3) is 0 Å². The molecule has 0 aliphatic carbocycles. The van der Waals surface area contributed by atoms with E-state index in [4.69, 9.17) is 0 Å². The summed E-state index contributed by atoms with van der Waals surface area (Å²) >= 11 is 3.28. The molecule has 0 heterocycles. The molecule has 0 bridgehead atoms. The maximum atomic E-state index is 9.38. The topological polar surface area (TPSA) is 32.6 Å². The van der Waals surface area contributed by atoms with E-state index >= 15 is 0 Å². The second-order valence-electron chi connectivity index (χ2n) is 3.76. The monoisotopic (exact) mass is 289 g/mol. The number of rotatable bonds is 2. The first-order valence-corrected chi connectivity index (χ1v) is 6.04. The van der Waals surface area contributed by atoms with Crippen LogP contribution in [0.3, 0.4) is 0 Å². The highest BCUT2D eigenvalue weighted by molar-refractivity contribution is 9.10. The van der Waals surface area contributed by atoms with Gasteiger partial charge in [0.15, 0.2) is 0 Å². The average Bonchev–Trinajstić information content (AvgIpc) is 2.32. The number of hydrogen-bond donors (Lipinski definition) is 1. The maximum absolute atomic E-state index is 9.38. The van der Waals surface area contributed by atoms with Crippen molar-refractivity contribution in [3.8, 4) is 5.75 Å². The summed E-state index contributed by atoms with van der Waals surface area (Å²) in [4.78, 5) is 4.42. The van der Waals surface area contributed by atoms with E-state index in [2.05, 4.69) is 20.9 Å². The fourth-order valence-corrected chi connectivity index (χ4v) is 1.85. The summed E-state index contributed by atoms with van der Waals surface area (Å²) in [7, 11) is 0. The predicted molar refractivity (Wildman–Crippen MR) is 74.2 cm³/mol. The van der Waals surface area contributed by atoms with Crippen molar-refractivity contribution in [3.63, 3.8) is 0 Å². The number of nitrogens with zero attached hydrogens (tertiary/aromatic N) is 1. The van der Waals surface area contributed by atoms with Crippen molar-refractivity contribution in [2.45, 2.75) is 6.92 Å². The van der Waals surface area contributed by atoms with Crippen molar-refractivity contribution in [1.29, 1.82) is 0 Å². The van der Waals surface area contributed by atoms with E-state index in [1.54, 1.807) is 12.3 Å². The summed E-state index contributed by atoms with van der Waals surface area (Å²) in [5.41, 5.74) is 3.04. The zero-order chi connectivity index (χ0) is 12.3. The van der Waals surface area contributed by atoms with Crippen LogP contribution in [-0.4, -0.2) is 11.3 Å². The van der Waals surface area contributed by atoms with Crippen LogP contribution in [0.2, 0.25) is 0 Å². The van der Waals surface area contributed by atoms with Gasteiger partial charge in [0.05, 0.1) is 10.2 Å². The maximum Gasteiger partial charge on any atom is 0.129 e. The highest BCUT2D eigenvalue weighted by Gasteiger charge is 1.98. The minimum Gasteiger partial charge on any atom is -0.507 e. The molecule has 0 atom stereocenters. The Morgan fingerprint density at radius 1 is 1.18 bits per heavy atom. The van der Waals surface area contributed by atoms with Crippen molar-refractivity contribution in [2.24, 2.45) is 4.99 Å². The van der Waals surface area contributed by atoms with E-state index in [0.717, 1.165) is 16.8 Å². The summed E-state index contributed by atoms with van der Waals surface area (Å²) in [6.45, 7) is 2.03. The van der Waals surface area contributed by atoms with Gasteiger partial charge in [0.1, 0.15) is 5.75 Å². The van der Waals surface area contributed by atoms with Crippen LogP contribution in [0.15, 0.2) is 51.9 Å². The van der Waals surface area contributed by atoms with Gasteiger partial charge in [-0.2, -0.15) is 0 Å². The Hall–Kier alpha value is -1.61. The van der Waals surface area contributed by atoms with Crippen LogP contribution in [0.1, 0.15) is 11.1 Å². The number of hydrogen-bond acceptors (Lipinski definition) is 2. The number of aromatic hydroxyl groups is 1. The Morgan fingerprint density at radius 3 is 2.65 bits per heavy atom. The third-order valence-electron chi connectivity index (χ3n) is 2.44. The summed E-state index contributed by atoms with van der Waals surface area (Å²) in [6.07, 6.45) is 1.78. The minimum absolute atomic E-state index is 0.234. The van der Waals surface area contributed by atoms with Crippen molar-refractivity contribution >= 4 is 27.8 Å². The third kappa shape index (κ3) is 2.94. The highest BCUT2D eigenvalue weighted by Crippen LogP contribution is 2.24. The van der Waals surface area contributed by atoms with Gasteiger partial charge in [-0.15, -0.1) is 0 Å². The molecule has 2 nitrogen and oxygen atoms in total. The SMILES string of the molecule is Cc1ccccc1N=Cc1ccc(O)c(Br)c1. The summed E-state index contributed by atoms with van der Waals surface area (Å²) in [5.74, 6) is 0.234. The molecule has 2 rings (SSSR count). The number of phenols is 1. The van der Waals surface area contributed by atoms with Gasteiger partial charge in [0.2, 0.25) is 0 Å². The van der Waals surface area contributed by atoms with Gasteiger partial charge in [-0.1, -0.05) is 18.2 Å². The second-order valence-corrected chi connectivity index (χ2v) is 4.61. The first kappa shape index (κ1) is 11.9. The molecule has 2 aromatic rings. The fraction of sp³-hybridized carbons (Fsp3) is 0.0714. The number of halogens is 1. The number of benzene rings is 2. The number of aliphatic imine (C=N–C) groups is 1. The zero-order valence-corrected chi connectivity index (χ0v) is 11.0. The molecule has 3 heteroatoms. The molecular weight excluding hydrogens is 278 g/mol. The molecule has 86 valence electrons. The molecule has 2 aromatic carbocycles. The number of aryl methyl sites for hydroxylation is 1. The molecule has 0 spiro atoms. The van der Waals surface area contributed by atoms with Crippen molar-refractivity contribution in [1.82, 2.24) is 0 Å². The molecule has 0 radical (unpaired) electrons. The normalized spacial score (nSPS) is 10.9. The smallest absolute Gasteiger partial charge is 0.129 e. The Morgan fingerprint density at radius 2 is 1.94 bits per heavy atom. The van der Waals surface area contributed by atoms with Gasteiger partial charge < -0.3 is 5.11 Å². The molecule has 0 unspecified atom stereocenters. The van der Waals surface area contributed by atoms with E-state index in [1.807, 2.05) is 43.3 Å². The zero-order valence-electron chi connectivity index (χ0n) is 9.39. The first-order valence-electron chi connectivity index (χ1n) is 5.25. The third-order valence-corrected chi connectivity index (χ3v) is 3.08. The lowest BCUT2D eigenvalue weighted by molar-refractivity contribution is 0.472. The van der Waals surface area contributed by atoms with Gasteiger partial charge in [0, 0.05) is 6.21 Å². The van der Waals surface area contributed by atoms with Crippen molar-refractivity contribution in [2.75, 3.05) is 0 Å². The van der Waals surface area contributed by atoms with Gasteiger partial charge in [-0.3, -0.25) is 4.99 Å². The van der Waals surface area contributed by atoms with Crippen LogP contribution in [-0.2, 0) is 0 Å². The molecule has 1 N–H and O–H groups in total. The lowest BCUT2D eigenvalue weighted by atomic mass is 10.2. The van der Waals surface area contributed by atoms with Crippen LogP contribution >= 0.6 is 15.9 Å². The fourth-order valence-electron chi connectivity index (χ4n) is 1.46. The molecule has 0 saturated carbocycles. The molecule has 0 fully saturated rings. The molecule has 0 saturated heterocycles.